The van der Waals surface area contributed by atoms with E-state index < -0.39 is 5.60 Å². The van der Waals surface area contributed by atoms with Gasteiger partial charge >= 0.3 is 6.09 Å². The first-order valence-electron chi connectivity index (χ1n) is 8.28. The quantitative estimate of drug-likeness (QED) is 0.259. The van der Waals surface area contributed by atoms with Crippen LogP contribution in [0.15, 0.2) is 23.2 Å². The summed E-state index contributed by atoms with van der Waals surface area (Å²) in [6, 6.07) is 6.07. The molecule has 0 aliphatic carbocycles. The minimum Gasteiger partial charge on any atom is -0.444 e. The summed E-state index contributed by atoms with van der Waals surface area (Å²) in [6.45, 7) is 10.8. The summed E-state index contributed by atoms with van der Waals surface area (Å²) in [7, 11) is 0. The molecule has 0 aliphatic rings. The molecular formula is C18H31IN4O2. The van der Waals surface area contributed by atoms with Crippen molar-refractivity contribution in [2.24, 2.45) is 10.7 Å². The van der Waals surface area contributed by atoms with E-state index in [1.807, 2.05) is 39.0 Å². The predicted octanol–water partition coefficient (Wildman–Crippen LogP) is 3.95. The summed E-state index contributed by atoms with van der Waals surface area (Å²) in [5.74, 6) is 0.401. The molecule has 0 heterocycles. The van der Waals surface area contributed by atoms with E-state index in [1.165, 1.54) is 11.1 Å². The van der Waals surface area contributed by atoms with Gasteiger partial charge in [-0.15, -0.1) is 24.0 Å². The Morgan fingerprint density at radius 1 is 1.20 bits per heavy atom. The summed E-state index contributed by atoms with van der Waals surface area (Å²) < 4.78 is 5.16. The largest absolute Gasteiger partial charge is 0.444 e. The lowest BCUT2D eigenvalue weighted by molar-refractivity contribution is 0.0527. The average molecular weight is 462 g/mol. The summed E-state index contributed by atoms with van der Waals surface area (Å²) in [6.07, 6.45) is 1.27. The van der Waals surface area contributed by atoms with Crippen molar-refractivity contribution < 1.29 is 9.53 Å². The van der Waals surface area contributed by atoms with Crippen molar-refractivity contribution in [3.8, 4) is 0 Å². The van der Waals surface area contributed by atoms with Crippen LogP contribution in [-0.2, 0) is 4.74 Å². The van der Waals surface area contributed by atoms with E-state index in [0.29, 0.717) is 19.0 Å². The number of amides is 1. The Labute approximate surface area is 168 Å². The first kappa shape index (κ1) is 23.5. The summed E-state index contributed by atoms with van der Waals surface area (Å²) >= 11 is 0. The first-order chi connectivity index (χ1) is 11.2. The van der Waals surface area contributed by atoms with Gasteiger partial charge in [0.2, 0.25) is 0 Å². The van der Waals surface area contributed by atoms with Crippen LogP contribution in [0.4, 0.5) is 10.5 Å². The van der Waals surface area contributed by atoms with E-state index in [0.717, 1.165) is 18.5 Å². The lowest BCUT2D eigenvalue weighted by Crippen LogP contribution is -2.33. The van der Waals surface area contributed by atoms with Crippen molar-refractivity contribution in [3.63, 3.8) is 0 Å². The van der Waals surface area contributed by atoms with E-state index in [2.05, 4.69) is 29.5 Å². The van der Waals surface area contributed by atoms with Crippen LogP contribution in [0.5, 0.6) is 0 Å². The molecule has 4 N–H and O–H groups in total. The van der Waals surface area contributed by atoms with Gasteiger partial charge in [-0.05, 0) is 70.7 Å². The zero-order chi connectivity index (χ0) is 18.2. The minimum atomic E-state index is -0.469. The zero-order valence-corrected chi connectivity index (χ0v) is 18.1. The van der Waals surface area contributed by atoms with Crippen LogP contribution in [0.25, 0.3) is 0 Å². The van der Waals surface area contributed by atoms with Crippen LogP contribution >= 0.6 is 24.0 Å². The Morgan fingerprint density at radius 3 is 2.48 bits per heavy atom. The van der Waals surface area contributed by atoms with Gasteiger partial charge in [-0.3, -0.25) is 4.99 Å². The number of halogens is 1. The minimum absolute atomic E-state index is 0. The van der Waals surface area contributed by atoms with Crippen LogP contribution in [0, 0.1) is 13.8 Å². The number of unbranched alkanes of at least 4 members (excludes halogenated alkanes) is 1. The molecule has 0 aliphatic heterocycles. The highest BCUT2D eigenvalue weighted by molar-refractivity contribution is 14.0. The predicted molar refractivity (Wildman–Crippen MR) is 115 cm³/mol. The molecule has 0 aromatic heterocycles. The van der Waals surface area contributed by atoms with E-state index in [4.69, 9.17) is 10.5 Å². The van der Waals surface area contributed by atoms with Gasteiger partial charge in [0.1, 0.15) is 5.60 Å². The third-order valence-electron chi connectivity index (χ3n) is 3.31. The molecule has 6 nitrogen and oxygen atoms in total. The van der Waals surface area contributed by atoms with Crippen molar-refractivity contribution >= 4 is 41.7 Å². The first-order valence-corrected chi connectivity index (χ1v) is 8.28. The van der Waals surface area contributed by atoms with Crippen molar-refractivity contribution in [2.75, 3.05) is 18.4 Å². The fraction of sp³-hybridized carbons (Fsp3) is 0.556. The number of alkyl carbamates (subject to hydrolysis) is 1. The van der Waals surface area contributed by atoms with Gasteiger partial charge in [0, 0.05) is 18.8 Å². The number of carbonyl (C=O) groups excluding carboxylic acids is 1. The summed E-state index contributed by atoms with van der Waals surface area (Å²) in [5.41, 5.74) is 8.80. The Kier molecular flexibility index (Phi) is 10.5. The molecule has 1 aromatic rings. The molecule has 1 aromatic carbocycles. The van der Waals surface area contributed by atoms with Crippen LogP contribution < -0.4 is 16.4 Å². The van der Waals surface area contributed by atoms with Gasteiger partial charge in [-0.1, -0.05) is 6.07 Å². The smallest absolute Gasteiger partial charge is 0.407 e. The number of hydrogen-bond acceptors (Lipinski definition) is 3. The van der Waals surface area contributed by atoms with Gasteiger partial charge in [0.15, 0.2) is 5.96 Å². The number of benzene rings is 1. The molecular weight excluding hydrogens is 431 g/mol. The van der Waals surface area contributed by atoms with Crippen LogP contribution in [0.3, 0.4) is 0 Å². The molecule has 0 spiro atoms. The average Bonchev–Trinajstić information content (AvgIpc) is 2.44. The maximum atomic E-state index is 11.5. The molecule has 0 saturated heterocycles. The lowest BCUT2D eigenvalue weighted by atomic mass is 10.1. The topological polar surface area (TPSA) is 88.7 Å². The number of nitrogens with one attached hydrogen (secondary N) is 2. The fourth-order valence-corrected chi connectivity index (χ4v) is 1.95. The highest BCUT2D eigenvalue weighted by Gasteiger charge is 2.15. The van der Waals surface area contributed by atoms with Gasteiger partial charge in [0.25, 0.3) is 0 Å². The van der Waals surface area contributed by atoms with E-state index >= 15 is 0 Å². The Morgan fingerprint density at radius 2 is 1.88 bits per heavy atom. The second-order valence-corrected chi connectivity index (χ2v) is 6.83. The highest BCUT2D eigenvalue weighted by Crippen LogP contribution is 2.13. The number of nitrogens with two attached hydrogens (primary N) is 1. The molecule has 7 heteroatoms. The van der Waals surface area contributed by atoms with Crippen molar-refractivity contribution in [2.45, 2.75) is 53.1 Å². The summed E-state index contributed by atoms with van der Waals surface area (Å²) in [5, 5.41) is 5.80. The van der Waals surface area contributed by atoms with Crippen molar-refractivity contribution in [1.29, 1.82) is 0 Å². The molecule has 25 heavy (non-hydrogen) atoms. The van der Waals surface area contributed by atoms with Gasteiger partial charge in [0.05, 0.1) is 0 Å². The third-order valence-corrected chi connectivity index (χ3v) is 3.31. The monoisotopic (exact) mass is 462 g/mol. The molecule has 0 unspecified atom stereocenters. The van der Waals surface area contributed by atoms with Gasteiger partial charge in [-0.2, -0.15) is 0 Å². The number of carbonyl (C=O) groups is 1. The van der Waals surface area contributed by atoms with Crippen LogP contribution in [-0.4, -0.2) is 30.7 Å². The van der Waals surface area contributed by atoms with Crippen molar-refractivity contribution in [3.05, 3.63) is 29.3 Å². The number of nitrogens with zero attached hydrogens (tertiary/aromatic N) is 1. The maximum absolute atomic E-state index is 11.5. The van der Waals surface area contributed by atoms with E-state index in [-0.39, 0.29) is 30.1 Å². The molecule has 0 bridgehead atoms. The van der Waals surface area contributed by atoms with Crippen molar-refractivity contribution in [1.82, 2.24) is 5.32 Å². The normalized spacial score (nSPS) is 11.5. The Hall–Kier alpha value is -1.51. The molecule has 0 atom stereocenters. The summed E-state index contributed by atoms with van der Waals surface area (Å²) in [4.78, 5) is 15.8. The molecule has 1 rings (SSSR count). The van der Waals surface area contributed by atoms with E-state index in [9.17, 15) is 4.79 Å². The number of rotatable bonds is 6. The molecule has 142 valence electrons. The van der Waals surface area contributed by atoms with E-state index in [1.54, 1.807) is 0 Å². The second kappa shape index (κ2) is 11.2. The lowest BCUT2D eigenvalue weighted by Gasteiger charge is -2.19. The number of aliphatic imine (C=N–C) groups is 1. The van der Waals surface area contributed by atoms with Crippen LogP contribution in [0.1, 0.15) is 44.7 Å². The fourth-order valence-electron chi connectivity index (χ4n) is 1.95. The maximum Gasteiger partial charge on any atom is 0.407 e. The Balaban J connectivity index is 0.00000576. The highest BCUT2D eigenvalue weighted by atomic mass is 127. The number of guanidine groups is 1. The third kappa shape index (κ3) is 10.9. The number of anilines is 1. The SMILES string of the molecule is Cc1ccc(NC(N)=NCCCCNC(=O)OC(C)(C)C)cc1C.I. The molecule has 0 saturated carbocycles. The zero-order valence-electron chi connectivity index (χ0n) is 15.8. The molecule has 1 amide bonds. The number of hydrogen-bond donors (Lipinski definition) is 3. The number of aryl methyl sites for hydroxylation is 2. The standard InChI is InChI=1S/C18H30N4O2.HI/c1-13-8-9-15(12-14(13)2)22-16(19)20-10-6-7-11-21-17(23)24-18(3,4)5;/h8-9,12H,6-7,10-11H2,1-5H3,(H,21,23)(H3,19,20,22);1H. The molecule has 0 radical (unpaired) electrons. The second-order valence-electron chi connectivity index (χ2n) is 6.83. The van der Waals surface area contributed by atoms with Crippen LogP contribution in [0.2, 0.25) is 0 Å². The molecule has 0 fully saturated rings. The van der Waals surface area contributed by atoms with Gasteiger partial charge < -0.3 is 21.1 Å². The Bertz CT molecular complexity index is 583. The van der Waals surface area contributed by atoms with Gasteiger partial charge in [-0.25, -0.2) is 4.79 Å². The number of ether oxygens (including phenoxy) is 1.